The maximum atomic E-state index is 13.6. The molecule has 3 nitrogen and oxygen atoms in total. The van der Waals surface area contributed by atoms with E-state index >= 15 is 0 Å². The standard InChI is InChI=1S/C17H21FN2O/c1-4-9-19-17(13-6-5-12(2)20-11-13)15-10-14(18)7-8-16(15)21-3/h5-8,10-11,17,19H,4,9H2,1-3H3. The number of rotatable bonds is 6. The van der Waals surface area contributed by atoms with Gasteiger partial charge in [0.25, 0.3) is 0 Å². The molecule has 0 radical (unpaired) electrons. The SMILES string of the molecule is CCCNC(c1ccc(C)nc1)c1cc(F)ccc1OC. The van der Waals surface area contributed by atoms with Crippen molar-refractivity contribution in [3.05, 3.63) is 59.2 Å². The quantitative estimate of drug-likeness (QED) is 0.881. The molecule has 1 N–H and O–H groups in total. The normalized spacial score (nSPS) is 12.2. The van der Waals surface area contributed by atoms with Crippen LogP contribution < -0.4 is 10.1 Å². The van der Waals surface area contributed by atoms with Crippen LogP contribution in [0.2, 0.25) is 0 Å². The second-order valence-corrected chi connectivity index (χ2v) is 5.01. The van der Waals surface area contributed by atoms with E-state index in [1.807, 2.05) is 25.3 Å². The predicted molar refractivity (Wildman–Crippen MR) is 82.1 cm³/mol. The van der Waals surface area contributed by atoms with E-state index in [2.05, 4.69) is 17.2 Å². The van der Waals surface area contributed by atoms with Crippen molar-refractivity contribution in [3.63, 3.8) is 0 Å². The van der Waals surface area contributed by atoms with E-state index in [1.54, 1.807) is 13.2 Å². The molecule has 2 aromatic rings. The molecule has 1 unspecified atom stereocenters. The molecule has 1 aromatic heterocycles. The summed E-state index contributed by atoms with van der Waals surface area (Å²) in [6, 6.07) is 8.43. The van der Waals surface area contributed by atoms with E-state index in [4.69, 9.17) is 4.74 Å². The van der Waals surface area contributed by atoms with Crippen LogP contribution in [-0.2, 0) is 0 Å². The fraction of sp³-hybridized carbons (Fsp3) is 0.353. The molecule has 0 amide bonds. The first-order chi connectivity index (χ1) is 10.2. The van der Waals surface area contributed by atoms with Crippen molar-refractivity contribution in [2.45, 2.75) is 26.3 Å². The van der Waals surface area contributed by atoms with Gasteiger partial charge in [0.1, 0.15) is 11.6 Å². The van der Waals surface area contributed by atoms with Crippen molar-refractivity contribution in [2.24, 2.45) is 0 Å². The number of hydrogen-bond donors (Lipinski definition) is 1. The molecule has 1 aromatic carbocycles. The molecule has 2 rings (SSSR count). The van der Waals surface area contributed by atoms with Gasteiger partial charge in [0.15, 0.2) is 0 Å². The number of nitrogens with zero attached hydrogens (tertiary/aromatic N) is 1. The van der Waals surface area contributed by atoms with Gasteiger partial charge in [-0.05, 0) is 49.7 Å². The first kappa shape index (κ1) is 15.4. The van der Waals surface area contributed by atoms with Crippen LogP contribution in [0.15, 0.2) is 36.5 Å². The zero-order valence-corrected chi connectivity index (χ0v) is 12.7. The van der Waals surface area contributed by atoms with Crippen molar-refractivity contribution in [3.8, 4) is 5.75 Å². The number of halogens is 1. The summed E-state index contributed by atoms with van der Waals surface area (Å²) < 4.78 is 19.0. The topological polar surface area (TPSA) is 34.2 Å². The fourth-order valence-electron chi connectivity index (χ4n) is 2.28. The lowest BCUT2D eigenvalue weighted by Gasteiger charge is -2.21. The van der Waals surface area contributed by atoms with Crippen molar-refractivity contribution in [1.29, 1.82) is 0 Å². The minimum absolute atomic E-state index is 0.135. The zero-order valence-electron chi connectivity index (χ0n) is 12.7. The highest BCUT2D eigenvalue weighted by Gasteiger charge is 2.18. The van der Waals surface area contributed by atoms with Crippen LogP contribution in [0, 0.1) is 12.7 Å². The number of nitrogens with one attached hydrogen (secondary N) is 1. The molecule has 1 atom stereocenters. The Labute approximate surface area is 125 Å². The Hall–Kier alpha value is -1.94. The highest BCUT2D eigenvalue weighted by molar-refractivity contribution is 5.41. The summed E-state index contributed by atoms with van der Waals surface area (Å²) in [6.07, 6.45) is 2.82. The second-order valence-electron chi connectivity index (χ2n) is 5.01. The molecule has 0 aliphatic heterocycles. The van der Waals surface area contributed by atoms with Crippen molar-refractivity contribution in [1.82, 2.24) is 10.3 Å². The second kappa shape index (κ2) is 7.18. The molecular weight excluding hydrogens is 267 g/mol. The average Bonchev–Trinajstić information content (AvgIpc) is 2.49. The van der Waals surface area contributed by atoms with Gasteiger partial charge in [-0.15, -0.1) is 0 Å². The lowest BCUT2D eigenvalue weighted by atomic mass is 9.98. The van der Waals surface area contributed by atoms with Gasteiger partial charge in [-0.2, -0.15) is 0 Å². The van der Waals surface area contributed by atoms with E-state index in [0.29, 0.717) is 5.75 Å². The van der Waals surface area contributed by atoms with Crippen molar-refractivity contribution < 1.29 is 9.13 Å². The fourth-order valence-corrected chi connectivity index (χ4v) is 2.28. The predicted octanol–water partition coefficient (Wildman–Crippen LogP) is 3.63. The summed E-state index contributed by atoms with van der Waals surface area (Å²) in [4.78, 5) is 4.34. The molecule has 1 heterocycles. The van der Waals surface area contributed by atoms with Gasteiger partial charge in [0.2, 0.25) is 0 Å². The Balaban J connectivity index is 2.44. The average molecular weight is 288 g/mol. The number of aryl methyl sites for hydroxylation is 1. The van der Waals surface area contributed by atoms with Gasteiger partial charge in [-0.25, -0.2) is 4.39 Å². The van der Waals surface area contributed by atoms with Crippen LogP contribution in [0.5, 0.6) is 5.75 Å². The summed E-state index contributed by atoms with van der Waals surface area (Å²) in [5.74, 6) is 0.403. The van der Waals surface area contributed by atoms with Gasteiger partial charge in [-0.3, -0.25) is 4.98 Å². The van der Waals surface area contributed by atoms with E-state index in [9.17, 15) is 4.39 Å². The molecule has 0 bridgehead atoms. The number of aromatic nitrogens is 1. The van der Waals surface area contributed by atoms with Crippen LogP contribution in [0.25, 0.3) is 0 Å². The highest BCUT2D eigenvalue weighted by Crippen LogP contribution is 2.30. The monoisotopic (exact) mass is 288 g/mol. The van der Waals surface area contributed by atoms with E-state index < -0.39 is 0 Å². The third-order valence-electron chi connectivity index (χ3n) is 3.37. The Kier molecular flexibility index (Phi) is 5.28. The highest BCUT2D eigenvalue weighted by atomic mass is 19.1. The van der Waals surface area contributed by atoms with Crippen molar-refractivity contribution in [2.75, 3.05) is 13.7 Å². The molecule has 21 heavy (non-hydrogen) atoms. The molecule has 0 fully saturated rings. The van der Waals surface area contributed by atoms with Crippen LogP contribution >= 0.6 is 0 Å². The summed E-state index contributed by atoms with van der Waals surface area (Å²) in [5.41, 5.74) is 2.74. The third-order valence-corrected chi connectivity index (χ3v) is 3.37. The number of ether oxygens (including phenoxy) is 1. The molecule has 0 spiro atoms. The van der Waals surface area contributed by atoms with Crippen LogP contribution in [0.1, 0.15) is 36.2 Å². The minimum Gasteiger partial charge on any atom is -0.496 e. The molecule has 0 aliphatic rings. The molecule has 0 saturated carbocycles. The molecule has 4 heteroatoms. The van der Waals surface area contributed by atoms with E-state index in [1.165, 1.54) is 12.1 Å². The summed E-state index contributed by atoms with van der Waals surface area (Å²) >= 11 is 0. The molecule has 0 saturated heterocycles. The largest absolute Gasteiger partial charge is 0.496 e. The van der Waals surface area contributed by atoms with Crippen LogP contribution in [0.3, 0.4) is 0 Å². The maximum absolute atomic E-state index is 13.6. The first-order valence-electron chi connectivity index (χ1n) is 7.15. The van der Waals surface area contributed by atoms with Gasteiger partial charge in [0.05, 0.1) is 13.2 Å². The Bertz CT molecular complexity index is 584. The Morgan fingerprint density at radius 3 is 2.71 bits per heavy atom. The molecular formula is C17H21FN2O. The number of hydrogen-bond acceptors (Lipinski definition) is 3. The first-order valence-corrected chi connectivity index (χ1v) is 7.15. The summed E-state index contributed by atoms with van der Waals surface area (Å²) in [7, 11) is 1.60. The Morgan fingerprint density at radius 2 is 2.10 bits per heavy atom. The van der Waals surface area contributed by atoms with Crippen LogP contribution in [0.4, 0.5) is 4.39 Å². The zero-order chi connectivity index (χ0) is 15.2. The lowest BCUT2D eigenvalue weighted by Crippen LogP contribution is -2.24. The smallest absolute Gasteiger partial charge is 0.124 e. The van der Waals surface area contributed by atoms with Gasteiger partial charge < -0.3 is 10.1 Å². The Morgan fingerprint density at radius 1 is 1.29 bits per heavy atom. The number of pyridine rings is 1. The van der Waals surface area contributed by atoms with E-state index in [0.717, 1.165) is 29.8 Å². The third kappa shape index (κ3) is 3.79. The number of methoxy groups -OCH3 is 1. The minimum atomic E-state index is -0.269. The van der Waals surface area contributed by atoms with Gasteiger partial charge in [-0.1, -0.05) is 13.0 Å². The van der Waals surface area contributed by atoms with Gasteiger partial charge in [0, 0.05) is 17.5 Å². The molecule has 0 aliphatic carbocycles. The lowest BCUT2D eigenvalue weighted by molar-refractivity contribution is 0.402. The van der Waals surface area contributed by atoms with Crippen molar-refractivity contribution >= 4 is 0 Å². The van der Waals surface area contributed by atoms with Crippen LogP contribution in [-0.4, -0.2) is 18.6 Å². The molecule has 112 valence electrons. The number of benzene rings is 1. The maximum Gasteiger partial charge on any atom is 0.124 e. The van der Waals surface area contributed by atoms with Gasteiger partial charge >= 0.3 is 0 Å². The van der Waals surface area contributed by atoms with E-state index in [-0.39, 0.29) is 11.9 Å². The summed E-state index contributed by atoms with van der Waals surface area (Å²) in [5, 5.41) is 3.44. The summed E-state index contributed by atoms with van der Waals surface area (Å²) in [6.45, 7) is 4.87.